The fourth-order valence-electron chi connectivity index (χ4n) is 3.73. The lowest BCUT2D eigenvalue weighted by Gasteiger charge is -2.39. The summed E-state index contributed by atoms with van der Waals surface area (Å²) in [6.45, 7) is 8.77. The van der Waals surface area contributed by atoms with E-state index in [0.29, 0.717) is 11.5 Å². The predicted octanol–water partition coefficient (Wildman–Crippen LogP) is 2.09. The Morgan fingerprint density at radius 2 is 2.00 bits per heavy atom. The third-order valence-electron chi connectivity index (χ3n) is 5.52. The molecule has 2 saturated carbocycles. The Bertz CT molecular complexity index is 317. The molecule has 2 bridgehead atoms. The second-order valence-electron chi connectivity index (χ2n) is 6.46. The van der Waals surface area contributed by atoms with Gasteiger partial charge in [-0.05, 0) is 42.9 Å². The van der Waals surface area contributed by atoms with Crippen LogP contribution in [0, 0.1) is 16.7 Å². The molecule has 0 aliphatic heterocycles. The maximum atomic E-state index is 11.7. The van der Waals surface area contributed by atoms with Gasteiger partial charge in [-0.15, -0.1) is 12.4 Å². The molecule has 17 heavy (non-hydrogen) atoms. The molecule has 4 atom stereocenters. The van der Waals surface area contributed by atoms with E-state index in [-0.39, 0.29) is 23.7 Å². The van der Waals surface area contributed by atoms with Crippen molar-refractivity contribution in [2.24, 2.45) is 22.5 Å². The van der Waals surface area contributed by atoms with E-state index >= 15 is 0 Å². The van der Waals surface area contributed by atoms with Crippen LogP contribution < -0.4 is 11.1 Å². The van der Waals surface area contributed by atoms with Crippen LogP contribution in [-0.4, -0.2) is 18.0 Å². The standard InChI is InChI=1S/C13H24N2O.ClH/c1-8(14)11(16)15-10-7-9-5-6-13(10,4)12(9,2)3;/h8-10H,5-7,14H2,1-4H3,(H,15,16);1H. The third kappa shape index (κ3) is 1.97. The Morgan fingerprint density at radius 3 is 2.35 bits per heavy atom. The number of fused-ring (bicyclic) bond motifs is 2. The number of rotatable bonds is 2. The summed E-state index contributed by atoms with van der Waals surface area (Å²) in [6.07, 6.45) is 3.67. The van der Waals surface area contributed by atoms with Crippen molar-refractivity contribution in [2.75, 3.05) is 0 Å². The molecule has 2 aliphatic rings. The van der Waals surface area contributed by atoms with Crippen LogP contribution in [-0.2, 0) is 4.79 Å². The van der Waals surface area contributed by atoms with Gasteiger partial charge in [0.25, 0.3) is 0 Å². The highest BCUT2D eigenvalue weighted by Gasteiger charge is 2.61. The van der Waals surface area contributed by atoms with E-state index in [9.17, 15) is 4.79 Å². The molecular formula is C13H25ClN2O. The van der Waals surface area contributed by atoms with E-state index in [1.54, 1.807) is 6.92 Å². The second kappa shape index (κ2) is 4.43. The molecule has 0 aromatic carbocycles. The lowest BCUT2D eigenvalue weighted by Crippen LogP contribution is -2.50. The third-order valence-corrected chi connectivity index (χ3v) is 5.52. The van der Waals surface area contributed by atoms with Crippen molar-refractivity contribution in [2.45, 2.75) is 59.0 Å². The Hall–Kier alpha value is -0.280. The van der Waals surface area contributed by atoms with Gasteiger partial charge in [0.1, 0.15) is 0 Å². The summed E-state index contributed by atoms with van der Waals surface area (Å²) in [5.74, 6) is 0.755. The minimum absolute atomic E-state index is 0. The SMILES string of the molecule is CC(N)C(=O)NC1CC2CCC1(C)C2(C)C.Cl. The van der Waals surface area contributed by atoms with Crippen LogP contribution in [0.5, 0.6) is 0 Å². The average Bonchev–Trinajstić information content (AvgIpc) is 2.50. The quantitative estimate of drug-likeness (QED) is 0.799. The summed E-state index contributed by atoms with van der Waals surface area (Å²) < 4.78 is 0. The fourth-order valence-corrected chi connectivity index (χ4v) is 3.73. The van der Waals surface area contributed by atoms with Crippen LogP contribution in [0.3, 0.4) is 0 Å². The summed E-state index contributed by atoms with van der Waals surface area (Å²) in [5, 5.41) is 3.14. The molecule has 0 saturated heterocycles. The van der Waals surface area contributed by atoms with Gasteiger partial charge in [-0.1, -0.05) is 20.8 Å². The van der Waals surface area contributed by atoms with E-state index in [1.807, 2.05) is 0 Å². The first-order valence-corrected chi connectivity index (χ1v) is 6.35. The monoisotopic (exact) mass is 260 g/mol. The minimum atomic E-state index is -0.397. The van der Waals surface area contributed by atoms with Crippen LogP contribution in [0.4, 0.5) is 0 Å². The maximum absolute atomic E-state index is 11.7. The average molecular weight is 261 g/mol. The largest absolute Gasteiger partial charge is 0.351 e. The lowest BCUT2D eigenvalue weighted by molar-refractivity contribution is -0.123. The van der Waals surface area contributed by atoms with Crippen LogP contribution in [0.25, 0.3) is 0 Å². The summed E-state index contributed by atoms with van der Waals surface area (Å²) in [4.78, 5) is 11.7. The highest BCUT2D eigenvalue weighted by Crippen LogP contribution is 2.65. The number of carbonyl (C=O) groups is 1. The van der Waals surface area contributed by atoms with Crippen LogP contribution in [0.15, 0.2) is 0 Å². The van der Waals surface area contributed by atoms with E-state index in [1.165, 1.54) is 12.8 Å². The minimum Gasteiger partial charge on any atom is -0.351 e. The molecule has 1 amide bonds. The molecule has 0 heterocycles. The molecule has 2 rings (SSSR count). The normalized spacial score (nSPS) is 39.6. The van der Waals surface area contributed by atoms with Crippen molar-refractivity contribution in [1.82, 2.24) is 5.32 Å². The van der Waals surface area contributed by atoms with E-state index in [0.717, 1.165) is 12.3 Å². The maximum Gasteiger partial charge on any atom is 0.236 e. The topological polar surface area (TPSA) is 55.1 Å². The molecule has 3 nitrogen and oxygen atoms in total. The number of nitrogens with two attached hydrogens (primary N) is 1. The van der Waals surface area contributed by atoms with Crippen molar-refractivity contribution in [3.63, 3.8) is 0 Å². The number of amides is 1. The van der Waals surface area contributed by atoms with Crippen LogP contribution in [0.2, 0.25) is 0 Å². The van der Waals surface area contributed by atoms with Crippen LogP contribution in [0.1, 0.15) is 47.0 Å². The Morgan fingerprint density at radius 1 is 1.41 bits per heavy atom. The van der Waals surface area contributed by atoms with Gasteiger partial charge in [0, 0.05) is 6.04 Å². The molecule has 0 spiro atoms. The number of hydrogen-bond acceptors (Lipinski definition) is 2. The number of carbonyl (C=O) groups excluding carboxylic acids is 1. The van der Waals surface area contributed by atoms with E-state index < -0.39 is 6.04 Å². The zero-order valence-corrected chi connectivity index (χ0v) is 12.1. The fraction of sp³-hybridized carbons (Fsp3) is 0.923. The van der Waals surface area contributed by atoms with Gasteiger partial charge in [0.15, 0.2) is 0 Å². The zero-order valence-electron chi connectivity index (χ0n) is 11.2. The second-order valence-corrected chi connectivity index (χ2v) is 6.46. The summed E-state index contributed by atoms with van der Waals surface area (Å²) in [6, 6.07) is -0.0782. The van der Waals surface area contributed by atoms with Gasteiger partial charge >= 0.3 is 0 Å². The van der Waals surface area contributed by atoms with Crippen molar-refractivity contribution < 1.29 is 4.79 Å². The first kappa shape index (κ1) is 14.8. The Labute approximate surface area is 110 Å². The van der Waals surface area contributed by atoms with E-state index in [2.05, 4.69) is 26.1 Å². The Balaban J connectivity index is 0.00000144. The molecule has 0 radical (unpaired) electrons. The molecule has 100 valence electrons. The molecule has 0 aromatic heterocycles. The van der Waals surface area contributed by atoms with Crippen molar-refractivity contribution in [3.8, 4) is 0 Å². The van der Waals surface area contributed by atoms with Gasteiger partial charge in [-0.3, -0.25) is 4.79 Å². The number of nitrogens with one attached hydrogen (secondary N) is 1. The number of halogens is 1. The summed E-state index contributed by atoms with van der Waals surface area (Å²) in [5.41, 5.74) is 6.21. The molecule has 0 aromatic rings. The molecule has 4 unspecified atom stereocenters. The molecule has 2 aliphatic carbocycles. The number of hydrogen-bond donors (Lipinski definition) is 2. The van der Waals surface area contributed by atoms with Crippen molar-refractivity contribution in [1.29, 1.82) is 0 Å². The molecule has 3 N–H and O–H groups in total. The van der Waals surface area contributed by atoms with Gasteiger partial charge in [-0.25, -0.2) is 0 Å². The highest BCUT2D eigenvalue weighted by molar-refractivity contribution is 5.85. The molecule has 4 heteroatoms. The highest BCUT2D eigenvalue weighted by atomic mass is 35.5. The van der Waals surface area contributed by atoms with Crippen LogP contribution >= 0.6 is 12.4 Å². The lowest BCUT2D eigenvalue weighted by atomic mass is 9.69. The predicted molar refractivity (Wildman–Crippen MR) is 72.1 cm³/mol. The van der Waals surface area contributed by atoms with Gasteiger partial charge < -0.3 is 11.1 Å². The zero-order chi connectivity index (χ0) is 12.1. The van der Waals surface area contributed by atoms with Crippen molar-refractivity contribution in [3.05, 3.63) is 0 Å². The van der Waals surface area contributed by atoms with E-state index in [4.69, 9.17) is 5.73 Å². The van der Waals surface area contributed by atoms with Gasteiger partial charge in [0.2, 0.25) is 5.91 Å². The van der Waals surface area contributed by atoms with Crippen molar-refractivity contribution >= 4 is 18.3 Å². The Kier molecular flexibility index (Phi) is 3.85. The smallest absolute Gasteiger partial charge is 0.236 e. The first-order chi connectivity index (χ1) is 7.29. The molecular weight excluding hydrogens is 236 g/mol. The summed E-state index contributed by atoms with van der Waals surface area (Å²) in [7, 11) is 0. The summed E-state index contributed by atoms with van der Waals surface area (Å²) >= 11 is 0. The van der Waals surface area contributed by atoms with Gasteiger partial charge in [0.05, 0.1) is 6.04 Å². The van der Waals surface area contributed by atoms with Gasteiger partial charge in [-0.2, -0.15) is 0 Å². The molecule has 2 fully saturated rings. The first-order valence-electron chi connectivity index (χ1n) is 6.35.